The summed E-state index contributed by atoms with van der Waals surface area (Å²) >= 11 is 0. The lowest BCUT2D eigenvalue weighted by molar-refractivity contribution is -0.141. The first-order valence-corrected chi connectivity index (χ1v) is 4.22. The summed E-state index contributed by atoms with van der Waals surface area (Å²) in [5.41, 5.74) is 0. The molecule has 0 aromatic carbocycles. The lowest BCUT2D eigenvalue weighted by atomic mass is 9.89. The van der Waals surface area contributed by atoms with Gasteiger partial charge in [0.15, 0.2) is 0 Å². The zero-order chi connectivity index (χ0) is 8.27. The van der Waals surface area contributed by atoms with E-state index < -0.39 is 5.97 Å². The van der Waals surface area contributed by atoms with Crippen LogP contribution in [0.4, 0.5) is 0 Å². The van der Waals surface area contributed by atoms with E-state index in [1.807, 2.05) is 6.92 Å². The van der Waals surface area contributed by atoms with Crippen LogP contribution in [0.1, 0.15) is 26.2 Å². The van der Waals surface area contributed by atoms with Gasteiger partial charge in [0.2, 0.25) is 0 Å². The molecule has 2 N–H and O–H groups in total. The standard InChI is InChI=1S/C8H15NO2.ClH/c1-2-6-4-3-5-9-7(6)8(10)11;/h6-7,9H,2-5H2,1H3,(H,10,11);1H/t6-,7+;/m1./s1. The maximum atomic E-state index is 10.7. The molecule has 1 aliphatic rings. The number of nitrogens with one attached hydrogen (secondary N) is 1. The third-order valence-electron chi connectivity index (χ3n) is 2.38. The fraction of sp³-hybridized carbons (Fsp3) is 0.875. The zero-order valence-corrected chi connectivity index (χ0v) is 8.06. The third kappa shape index (κ3) is 2.64. The lowest BCUT2D eigenvalue weighted by Gasteiger charge is -2.28. The van der Waals surface area contributed by atoms with Crippen molar-refractivity contribution in [2.75, 3.05) is 6.54 Å². The number of aliphatic carboxylic acids is 1. The van der Waals surface area contributed by atoms with Gasteiger partial charge in [-0.15, -0.1) is 12.4 Å². The largest absolute Gasteiger partial charge is 0.480 e. The topological polar surface area (TPSA) is 49.3 Å². The molecule has 1 saturated heterocycles. The Labute approximate surface area is 78.9 Å². The van der Waals surface area contributed by atoms with E-state index >= 15 is 0 Å². The van der Waals surface area contributed by atoms with Crippen molar-refractivity contribution in [1.82, 2.24) is 5.32 Å². The van der Waals surface area contributed by atoms with Crippen LogP contribution in [0.15, 0.2) is 0 Å². The zero-order valence-electron chi connectivity index (χ0n) is 7.25. The Kier molecular flexibility index (Phi) is 5.25. The number of halogens is 1. The van der Waals surface area contributed by atoms with Gasteiger partial charge in [0, 0.05) is 0 Å². The van der Waals surface area contributed by atoms with Gasteiger partial charge in [0.25, 0.3) is 0 Å². The Hall–Kier alpha value is -0.280. The van der Waals surface area contributed by atoms with Gasteiger partial charge in [-0.05, 0) is 25.3 Å². The molecule has 1 heterocycles. The Morgan fingerprint density at radius 1 is 1.67 bits per heavy atom. The Bertz CT molecular complexity index is 152. The molecule has 0 aromatic rings. The van der Waals surface area contributed by atoms with Crippen molar-refractivity contribution in [1.29, 1.82) is 0 Å². The van der Waals surface area contributed by atoms with Crippen LogP contribution in [0.2, 0.25) is 0 Å². The minimum atomic E-state index is -0.698. The molecule has 2 atom stereocenters. The molecule has 0 unspecified atom stereocenters. The molecule has 0 aliphatic carbocycles. The van der Waals surface area contributed by atoms with Crippen molar-refractivity contribution in [3.8, 4) is 0 Å². The smallest absolute Gasteiger partial charge is 0.320 e. The summed E-state index contributed by atoms with van der Waals surface area (Å²) in [7, 11) is 0. The van der Waals surface area contributed by atoms with E-state index in [-0.39, 0.29) is 18.4 Å². The molecule has 1 aliphatic heterocycles. The summed E-state index contributed by atoms with van der Waals surface area (Å²) in [6.45, 7) is 2.90. The van der Waals surface area contributed by atoms with Gasteiger partial charge in [0.1, 0.15) is 6.04 Å². The van der Waals surface area contributed by atoms with E-state index in [0.717, 1.165) is 25.8 Å². The van der Waals surface area contributed by atoms with Crippen molar-refractivity contribution >= 4 is 18.4 Å². The molecule has 4 heteroatoms. The van der Waals surface area contributed by atoms with E-state index in [1.54, 1.807) is 0 Å². The van der Waals surface area contributed by atoms with Gasteiger partial charge in [-0.3, -0.25) is 4.79 Å². The van der Waals surface area contributed by atoms with Gasteiger partial charge >= 0.3 is 5.97 Å². The normalized spacial score (nSPS) is 29.1. The van der Waals surface area contributed by atoms with Gasteiger partial charge in [-0.25, -0.2) is 0 Å². The highest BCUT2D eigenvalue weighted by molar-refractivity contribution is 5.85. The predicted octanol–water partition coefficient (Wildman–Crippen LogP) is 1.27. The average molecular weight is 194 g/mol. The second-order valence-electron chi connectivity index (χ2n) is 3.08. The van der Waals surface area contributed by atoms with Crippen LogP contribution in [-0.2, 0) is 4.79 Å². The number of carbonyl (C=O) groups is 1. The van der Waals surface area contributed by atoms with Crippen molar-refractivity contribution < 1.29 is 9.90 Å². The summed E-state index contributed by atoms with van der Waals surface area (Å²) in [4.78, 5) is 10.7. The number of piperidine rings is 1. The first kappa shape index (κ1) is 11.7. The lowest BCUT2D eigenvalue weighted by Crippen LogP contribution is -2.46. The Balaban J connectivity index is 0.00000121. The Morgan fingerprint density at radius 2 is 2.33 bits per heavy atom. The summed E-state index contributed by atoms with van der Waals surface area (Å²) in [5.74, 6) is -0.363. The SMILES string of the molecule is CC[C@@H]1CCCN[C@@H]1C(=O)O.Cl. The van der Waals surface area contributed by atoms with Gasteiger partial charge in [-0.1, -0.05) is 13.3 Å². The highest BCUT2D eigenvalue weighted by Gasteiger charge is 2.28. The highest BCUT2D eigenvalue weighted by Crippen LogP contribution is 2.19. The van der Waals surface area contributed by atoms with Gasteiger partial charge in [0.05, 0.1) is 0 Å². The highest BCUT2D eigenvalue weighted by atomic mass is 35.5. The molecule has 3 nitrogen and oxygen atoms in total. The van der Waals surface area contributed by atoms with Crippen molar-refractivity contribution in [3.63, 3.8) is 0 Å². The van der Waals surface area contributed by atoms with Gasteiger partial charge in [-0.2, -0.15) is 0 Å². The molecule has 1 fully saturated rings. The maximum Gasteiger partial charge on any atom is 0.320 e. The molecule has 0 aromatic heterocycles. The average Bonchev–Trinajstić information content (AvgIpc) is 2.04. The summed E-state index contributed by atoms with van der Waals surface area (Å²) in [6.07, 6.45) is 3.13. The van der Waals surface area contributed by atoms with Crippen LogP contribution >= 0.6 is 12.4 Å². The molecule has 0 bridgehead atoms. The van der Waals surface area contributed by atoms with E-state index in [9.17, 15) is 4.79 Å². The summed E-state index contributed by atoms with van der Waals surface area (Å²) in [5, 5.41) is 11.8. The molecule has 0 spiro atoms. The van der Waals surface area contributed by atoms with Crippen molar-refractivity contribution in [2.24, 2.45) is 5.92 Å². The summed E-state index contributed by atoms with van der Waals surface area (Å²) in [6, 6.07) is -0.297. The predicted molar refractivity (Wildman–Crippen MR) is 49.7 cm³/mol. The first-order valence-electron chi connectivity index (χ1n) is 4.22. The minimum absolute atomic E-state index is 0. The Morgan fingerprint density at radius 3 is 2.75 bits per heavy atom. The molecule has 0 amide bonds. The van der Waals surface area contributed by atoms with Crippen LogP contribution in [0, 0.1) is 5.92 Å². The van der Waals surface area contributed by atoms with Crippen LogP contribution in [0.3, 0.4) is 0 Å². The molecule has 72 valence electrons. The molecular weight excluding hydrogens is 178 g/mol. The molecule has 0 saturated carbocycles. The second kappa shape index (κ2) is 5.38. The minimum Gasteiger partial charge on any atom is -0.480 e. The third-order valence-corrected chi connectivity index (χ3v) is 2.38. The van der Waals surface area contributed by atoms with Crippen LogP contribution < -0.4 is 5.32 Å². The molecule has 1 rings (SSSR count). The first-order chi connectivity index (χ1) is 5.25. The molecular formula is C8H16ClNO2. The maximum absolute atomic E-state index is 10.7. The summed E-state index contributed by atoms with van der Waals surface area (Å²) < 4.78 is 0. The van der Waals surface area contributed by atoms with E-state index in [1.165, 1.54) is 0 Å². The molecule has 0 radical (unpaired) electrons. The van der Waals surface area contributed by atoms with Crippen LogP contribution in [0.5, 0.6) is 0 Å². The number of hydrogen-bond donors (Lipinski definition) is 2. The van der Waals surface area contributed by atoms with E-state index in [2.05, 4.69) is 5.32 Å². The quantitative estimate of drug-likeness (QED) is 0.695. The van der Waals surface area contributed by atoms with Crippen LogP contribution in [-0.4, -0.2) is 23.7 Å². The van der Waals surface area contributed by atoms with Gasteiger partial charge < -0.3 is 10.4 Å². The van der Waals surface area contributed by atoms with E-state index in [4.69, 9.17) is 5.11 Å². The van der Waals surface area contributed by atoms with Crippen molar-refractivity contribution in [2.45, 2.75) is 32.2 Å². The second-order valence-corrected chi connectivity index (χ2v) is 3.08. The monoisotopic (exact) mass is 193 g/mol. The van der Waals surface area contributed by atoms with Crippen LogP contribution in [0.25, 0.3) is 0 Å². The van der Waals surface area contributed by atoms with Crippen molar-refractivity contribution in [3.05, 3.63) is 0 Å². The fourth-order valence-electron chi connectivity index (χ4n) is 1.68. The molecule has 12 heavy (non-hydrogen) atoms. The number of hydrogen-bond acceptors (Lipinski definition) is 2. The number of carboxylic acid groups (broad SMARTS) is 1. The van der Waals surface area contributed by atoms with E-state index in [0.29, 0.717) is 5.92 Å². The number of rotatable bonds is 2. The fourth-order valence-corrected chi connectivity index (χ4v) is 1.68. The number of carboxylic acids is 1.